The van der Waals surface area contributed by atoms with E-state index in [9.17, 15) is 0 Å². The highest BCUT2D eigenvalue weighted by molar-refractivity contribution is 5.98. The third-order valence-corrected chi connectivity index (χ3v) is 12.8. The average molecular weight is 731 g/mol. The molecule has 270 valence electrons. The number of benzene rings is 6. The Hall–Kier alpha value is -6.84. The van der Waals surface area contributed by atoms with Gasteiger partial charge >= 0.3 is 0 Å². The number of rotatable bonds is 4. The molecule has 4 aliphatic carbocycles. The Morgan fingerprint density at radius 3 is 2.19 bits per heavy atom. The number of allylic oxidation sites excluding steroid dienone is 7. The Balaban J connectivity index is 1.07. The molecule has 2 heterocycles. The molecule has 3 nitrogen and oxygen atoms in total. The van der Waals surface area contributed by atoms with Gasteiger partial charge in [-0.05, 0) is 86.3 Å². The normalized spacial score (nSPS) is 19.1. The third kappa shape index (κ3) is 4.79. The quantitative estimate of drug-likeness (QED) is 0.181. The van der Waals surface area contributed by atoms with Crippen LogP contribution in [0.15, 0.2) is 193 Å². The number of aromatic nitrogens is 2. The van der Waals surface area contributed by atoms with Crippen molar-refractivity contribution in [3.63, 3.8) is 0 Å². The fourth-order valence-corrected chi connectivity index (χ4v) is 10.4. The maximum Gasteiger partial charge on any atom is 0.160 e. The van der Waals surface area contributed by atoms with Crippen LogP contribution in [0.1, 0.15) is 46.6 Å². The van der Waals surface area contributed by atoms with Crippen LogP contribution >= 0.6 is 0 Å². The van der Waals surface area contributed by atoms with Crippen LogP contribution in [-0.2, 0) is 16.6 Å². The first-order valence-electron chi connectivity index (χ1n) is 20.2. The largest absolute Gasteiger partial charge is 0.489 e. The molecule has 0 N–H and O–H groups in total. The van der Waals surface area contributed by atoms with Crippen LogP contribution in [0, 0.1) is 0 Å². The molecule has 2 unspecified atom stereocenters. The molecule has 0 amide bonds. The summed E-state index contributed by atoms with van der Waals surface area (Å²) in [5.74, 6) is 1.79. The van der Waals surface area contributed by atoms with Crippen molar-refractivity contribution in [2.45, 2.75) is 36.7 Å². The molecule has 0 fully saturated rings. The van der Waals surface area contributed by atoms with E-state index in [4.69, 9.17) is 14.7 Å². The summed E-state index contributed by atoms with van der Waals surface area (Å²) in [6, 6.07) is 50.7. The first-order valence-corrected chi connectivity index (χ1v) is 20.2. The second-order valence-corrected chi connectivity index (χ2v) is 15.8. The highest BCUT2D eigenvalue weighted by atomic mass is 16.5. The van der Waals surface area contributed by atoms with Crippen molar-refractivity contribution in [1.29, 1.82) is 0 Å². The van der Waals surface area contributed by atoms with Crippen molar-refractivity contribution >= 4 is 16.8 Å². The van der Waals surface area contributed by atoms with Gasteiger partial charge in [0.2, 0.25) is 0 Å². The van der Waals surface area contributed by atoms with Crippen molar-refractivity contribution in [3.8, 4) is 45.0 Å². The first-order chi connectivity index (χ1) is 28.3. The Kier molecular flexibility index (Phi) is 7.16. The van der Waals surface area contributed by atoms with Crippen LogP contribution in [0.4, 0.5) is 0 Å². The van der Waals surface area contributed by atoms with Crippen molar-refractivity contribution in [2.75, 3.05) is 0 Å². The number of ether oxygens (including phenoxy) is 1. The van der Waals surface area contributed by atoms with Crippen LogP contribution < -0.4 is 0 Å². The minimum atomic E-state index is -0.437. The van der Waals surface area contributed by atoms with E-state index in [2.05, 4.69) is 176 Å². The van der Waals surface area contributed by atoms with E-state index in [-0.39, 0.29) is 12.0 Å². The van der Waals surface area contributed by atoms with E-state index in [0.29, 0.717) is 0 Å². The van der Waals surface area contributed by atoms with Gasteiger partial charge in [0.1, 0.15) is 11.9 Å². The third-order valence-electron chi connectivity index (χ3n) is 12.8. The SMILES string of the molecule is C1=CCC2OC3=C(C=CCC3c3ccccc3-c3cc(-c4cc5c6c(cccc6c4)CC=C5)nc(-c4ccccc4)n3)C3(C2=C1)c1ccccc1-c1ccccc13. The van der Waals surface area contributed by atoms with Crippen LogP contribution in [-0.4, -0.2) is 16.1 Å². The smallest absolute Gasteiger partial charge is 0.160 e. The molecule has 0 radical (unpaired) electrons. The van der Waals surface area contributed by atoms with E-state index < -0.39 is 5.41 Å². The molecule has 1 spiro atoms. The summed E-state index contributed by atoms with van der Waals surface area (Å²) in [7, 11) is 0. The maximum absolute atomic E-state index is 7.31. The zero-order chi connectivity index (χ0) is 37.5. The lowest BCUT2D eigenvalue weighted by Gasteiger charge is -2.48. The van der Waals surface area contributed by atoms with Gasteiger partial charge in [0.15, 0.2) is 5.82 Å². The second-order valence-electron chi connectivity index (χ2n) is 15.8. The van der Waals surface area contributed by atoms with Crippen LogP contribution in [0.5, 0.6) is 0 Å². The number of nitrogens with zero attached hydrogens (tertiary/aromatic N) is 2. The molecule has 1 aliphatic heterocycles. The Bertz CT molecular complexity index is 2930. The zero-order valence-corrected chi connectivity index (χ0v) is 31.4. The molecule has 0 bridgehead atoms. The minimum Gasteiger partial charge on any atom is -0.489 e. The topological polar surface area (TPSA) is 35.0 Å². The van der Waals surface area contributed by atoms with Crippen molar-refractivity contribution in [1.82, 2.24) is 9.97 Å². The van der Waals surface area contributed by atoms with Gasteiger partial charge in [-0.15, -0.1) is 0 Å². The molecule has 1 aromatic heterocycles. The van der Waals surface area contributed by atoms with Gasteiger partial charge in [-0.3, -0.25) is 0 Å². The van der Waals surface area contributed by atoms with Crippen LogP contribution in [0.3, 0.4) is 0 Å². The highest BCUT2D eigenvalue weighted by Gasteiger charge is 2.55. The van der Waals surface area contributed by atoms with Crippen molar-refractivity contribution < 1.29 is 4.74 Å². The van der Waals surface area contributed by atoms with Gasteiger partial charge < -0.3 is 4.74 Å². The van der Waals surface area contributed by atoms with Crippen molar-refractivity contribution in [2.24, 2.45) is 0 Å². The average Bonchev–Trinajstić information content (AvgIpc) is 3.57. The molecular formula is C54H38N2O. The van der Waals surface area contributed by atoms with E-state index in [1.165, 1.54) is 60.9 Å². The summed E-state index contributed by atoms with van der Waals surface area (Å²) in [4.78, 5) is 10.6. The molecule has 2 atom stereocenters. The van der Waals surface area contributed by atoms with Gasteiger partial charge in [-0.1, -0.05) is 164 Å². The fourth-order valence-electron chi connectivity index (χ4n) is 10.4. The van der Waals surface area contributed by atoms with E-state index in [1.54, 1.807) is 0 Å². The zero-order valence-electron chi connectivity index (χ0n) is 31.4. The lowest BCUT2D eigenvalue weighted by Crippen LogP contribution is -2.43. The summed E-state index contributed by atoms with van der Waals surface area (Å²) < 4.78 is 7.31. The van der Waals surface area contributed by atoms with Gasteiger partial charge in [0.25, 0.3) is 0 Å². The number of hydrogen-bond donors (Lipinski definition) is 0. The first kappa shape index (κ1) is 32.4. The highest BCUT2D eigenvalue weighted by Crippen LogP contribution is 2.63. The Morgan fingerprint density at radius 1 is 0.596 bits per heavy atom. The molecule has 3 heteroatoms. The summed E-state index contributed by atoms with van der Waals surface area (Å²) >= 11 is 0. The van der Waals surface area contributed by atoms with E-state index in [1.807, 2.05) is 6.07 Å². The minimum absolute atomic E-state index is 0.00210. The maximum atomic E-state index is 7.31. The monoisotopic (exact) mass is 730 g/mol. The number of fused-ring (bicyclic) bond motifs is 8. The molecule has 6 aromatic carbocycles. The molecule has 12 rings (SSSR count). The van der Waals surface area contributed by atoms with Gasteiger partial charge in [-0.25, -0.2) is 9.97 Å². The summed E-state index contributed by atoms with van der Waals surface area (Å²) in [5, 5.41) is 2.58. The second kappa shape index (κ2) is 12.6. The predicted octanol–water partition coefficient (Wildman–Crippen LogP) is 12.7. The lowest BCUT2D eigenvalue weighted by atomic mass is 9.60. The molecule has 0 saturated heterocycles. The Morgan fingerprint density at radius 2 is 1.35 bits per heavy atom. The molecule has 5 aliphatic rings. The predicted molar refractivity (Wildman–Crippen MR) is 231 cm³/mol. The standard InChI is InChI=1S/C54H38N2O/c1-2-15-35(16-3-1)53-55-48(38-31-36-19-12-17-34-18-13-20-37(32-38)51(34)36)33-49(56-53)42-24-5-4-21-39(42)43-25-14-29-47-52(43)57-50-30-11-10-28-46(50)54(47)44-26-8-6-22-40(44)41-23-7-9-27-45(41)54/h1-17,19-24,26-29,31-33,43,50H,18,25,30H2. The summed E-state index contributed by atoms with van der Waals surface area (Å²) in [5.41, 5.74) is 16.3. The van der Waals surface area contributed by atoms with Gasteiger partial charge in [-0.2, -0.15) is 0 Å². The Labute approximate surface area is 332 Å². The number of hydrogen-bond acceptors (Lipinski definition) is 3. The molecule has 7 aromatic rings. The van der Waals surface area contributed by atoms with Crippen LogP contribution in [0.25, 0.3) is 61.9 Å². The summed E-state index contributed by atoms with van der Waals surface area (Å²) in [6.45, 7) is 0. The molecule has 57 heavy (non-hydrogen) atoms. The van der Waals surface area contributed by atoms with Crippen LogP contribution in [0.2, 0.25) is 0 Å². The van der Waals surface area contributed by atoms with E-state index >= 15 is 0 Å². The molecular weight excluding hydrogens is 693 g/mol. The lowest BCUT2D eigenvalue weighted by molar-refractivity contribution is 0.104. The van der Waals surface area contributed by atoms with Gasteiger partial charge in [0.05, 0.1) is 16.8 Å². The van der Waals surface area contributed by atoms with Crippen molar-refractivity contribution in [3.05, 3.63) is 221 Å². The fraction of sp³-hybridized carbons (Fsp3) is 0.111. The summed E-state index contributed by atoms with van der Waals surface area (Å²) in [6.07, 6.45) is 18.7. The molecule has 0 saturated carbocycles. The van der Waals surface area contributed by atoms with E-state index in [0.717, 1.165) is 58.9 Å². The van der Waals surface area contributed by atoms with Gasteiger partial charge in [0, 0.05) is 34.6 Å².